The molecule has 1 amide bonds. The summed E-state index contributed by atoms with van der Waals surface area (Å²) in [5.41, 5.74) is 2.52. The minimum Gasteiger partial charge on any atom is -0.338 e. The van der Waals surface area contributed by atoms with Crippen LogP contribution in [0.2, 0.25) is 5.02 Å². The maximum atomic E-state index is 13.5. The predicted octanol–water partition coefficient (Wildman–Crippen LogP) is 3.44. The van der Waals surface area contributed by atoms with Crippen LogP contribution in [0.4, 0.5) is 5.69 Å². The monoisotopic (exact) mass is 529 g/mol. The molecule has 1 unspecified atom stereocenters. The maximum Gasteiger partial charge on any atom is 0.242 e. The van der Waals surface area contributed by atoms with E-state index in [4.69, 9.17) is 16.1 Å². The Hall–Kier alpha value is -2.79. The largest absolute Gasteiger partial charge is 0.338 e. The number of carbonyl (C=O) groups is 1. The fraction of sp³-hybridized carbons (Fsp3) is 0.400. The van der Waals surface area contributed by atoms with E-state index in [1.165, 1.54) is 18.4 Å². The number of hydrogen-bond acceptors (Lipinski definition) is 7. The Bertz CT molecular complexity index is 1370. The molecule has 190 valence electrons. The molecule has 0 bridgehead atoms. The minimum absolute atomic E-state index is 0.0778. The van der Waals surface area contributed by atoms with Gasteiger partial charge in [0.15, 0.2) is 0 Å². The minimum atomic E-state index is -3.51. The van der Waals surface area contributed by atoms with Gasteiger partial charge in [0, 0.05) is 43.5 Å². The highest BCUT2D eigenvalue weighted by atomic mass is 35.5. The molecule has 9 nitrogen and oxygen atoms in total. The fourth-order valence-corrected chi connectivity index (χ4v) is 5.90. The smallest absolute Gasteiger partial charge is 0.242 e. The molecule has 11 heteroatoms. The summed E-state index contributed by atoms with van der Waals surface area (Å²) in [6.07, 6.45) is 2.35. The average Bonchev–Trinajstić information content (AvgIpc) is 3.51. The SMILES string of the molecule is CN(C)S(=O)(=O)c1ccc2c(c1)CCN2C(=O)C1CCCN(Cc2nc(-c3ccc(Cl)cc3)no2)C1. The molecular weight excluding hydrogens is 502 g/mol. The summed E-state index contributed by atoms with van der Waals surface area (Å²) in [4.78, 5) is 22.2. The Labute approximate surface area is 215 Å². The number of rotatable bonds is 6. The molecule has 0 saturated carbocycles. The molecule has 2 aromatic carbocycles. The first kappa shape index (κ1) is 24.9. The number of carbonyl (C=O) groups excluding carboxylic acids is 1. The highest BCUT2D eigenvalue weighted by Crippen LogP contribution is 2.33. The Morgan fingerprint density at radius 3 is 2.69 bits per heavy atom. The molecule has 1 aromatic heterocycles. The number of sulfonamides is 1. The number of benzene rings is 2. The standard InChI is InChI=1S/C25H28ClN5O4S/c1-29(2)36(33,34)21-9-10-22-18(14-21)11-13-31(22)25(32)19-4-3-12-30(15-19)16-23-27-24(28-35-23)17-5-7-20(26)8-6-17/h5-10,14,19H,3-4,11-13,15-16H2,1-2H3. The van der Waals surface area contributed by atoms with Gasteiger partial charge in [-0.3, -0.25) is 9.69 Å². The molecule has 2 aliphatic heterocycles. The van der Waals surface area contributed by atoms with Crippen LogP contribution < -0.4 is 4.90 Å². The summed E-state index contributed by atoms with van der Waals surface area (Å²) < 4.78 is 31.7. The number of likely N-dealkylation sites (tertiary alicyclic amines) is 1. The van der Waals surface area contributed by atoms with Gasteiger partial charge in [0.25, 0.3) is 0 Å². The van der Waals surface area contributed by atoms with Crippen molar-refractivity contribution in [2.45, 2.75) is 30.7 Å². The van der Waals surface area contributed by atoms with Crippen LogP contribution in [-0.2, 0) is 27.8 Å². The highest BCUT2D eigenvalue weighted by molar-refractivity contribution is 7.89. The number of halogens is 1. The molecule has 1 atom stereocenters. The zero-order chi connectivity index (χ0) is 25.4. The van der Waals surface area contributed by atoms with Crippen LogP contribution in [0.3, 0.4) is 0 Å². The summed E-state index contributed by atoms with van der Waals surface area (Å²) in [5, 5.41) is 4.73. The lowest BCUT2D eigenvalue weighted by atomic mass is 9.96. The third-order valence-electron chi connectivity index (χ3n) is 6.78. The Balaban J connectivity index is 1.25. The van der Waals surface area contributed by atoms with Gasteiger partial charge in [-0.25, -0.2) is 12.7 Å². The molecule has 3 aromatic rings. The fourth-order valence-electron chi connectivity index (χ4n) is 4.83. The molecule has 3 heterocycles. The van der Waals surface area contributed by atoms with Gasteiger partial charge in [0.05, 0.1) is 17.4 Å². The van der Waals surface area contributed by atoms with E-state index in [1.54, 1.807) is 35.2 Å². The molecule has 2 aliphatic rings. The quantitative estimate of drug-likeness (QED) is 0.482. The van der Waals surface area contributed by atoms with Gasteiger partial charge in [-0.05, 0) is 73.8 Å². The van der Waals surface area contributed by atoms with E-state index in [0.29, 0.717) is 42.8 Å². The number of nitrogens with zero attached hydrogens (tertiary/aromatic N) is 5. The average molecular weight is 530 g/mol. The number of piperidine rings is 1. The van der Waals surface area contributed by atoms with Crippen molar-refractivity contribution in [3.63, 3.8) is 0 Å². The zero-order valence-electron chi connectivity index (χ0n) is 20.2. The molecule has 36 heavy (non-hydrogen) atoms. The lowest BCUT2D eigenvalue weighted by Gasteiger charge is -2.33. The summed E-state index contributed by atoms with van der Waals surface area (Å²) in [6, 6.07) is 12.3. The summed E-state index contributed by atoms with van der Waals surface area (Å²) in [6.45, 7) is 2.50. The third-order valence-corrected chi connectivity index (χ3v) is 8.84. The Kier molecular flexibility index (Phi) is 6.86. The summed E-state index contributed by atoms with van der Waals surface area (Å²) in [5.74, 6) is 0.951. The number of aromatic nitrogens is 2. The number of amides is 1. The van der Waals surface area contributed by atoms with Crippen molar-refractivity contribution in [3.8, 4) is 11.4 Å². The van der Waals surface area contributed by atoms with E-state index in [0.717, 1.165) is 36.2 Å². The molecular formula is C25H28ClN5O4S. The van der Waals surface area contributed by atoms with E-state index in [1.807, 2.05) is 12.1 Å². The second-order valence-corrected chi connectivity index (χ2v) is 12.0. The normalized spacial score (nSPS) is 18.6. The van der Waals surface area contributed by atoms with Crippen LogP contribution in [0.5, 0.6) is 0 Å². The van der Waals surface area contributed by atoms with Crippen LogP contribution in [-0.4, -0.2) is 67.4 Å². The van der Waals surface area contributed by atoms with E-state index < -0.39 is 10.0 Å². The van der Waals surface area contributed by atoms with Gasteiger partial charge in [-0.1, -0.05) is 16.8 Å². The first-order valence-corrected chi connectivity index (χ1v) is 13.7. The maximum absolute atomic E-state index is 13.5. The third kappa shape index (κ3) is 4.90. The van der Waals surface area contributed by atoms with Crippen molar-refractivity contribution in [1.29, 1.82) is 0 Å². The lowest BCUT2D eigenvalue weighted by molar-refractivity contribution is -0.124. The number of hydrogen-bond donors (Lipinski definition) is 0. The van der Waals surface area contributed by atoms with Gasteiger partial charge in [0.1, 0.15) is 0 Å². The summed E-state index contributed by atoms with van der Waals surface area (Å²) in [7, 11) is -0.487. The Morgan fingerprint density at radius 2 is 1.94 bits per heavy atom. The van der Waals surface area contributed by atoms with Crippen LogP contribution in [0, 0.1) is 5.92 Å². The molecule has 0 spiro atoms. The highest BCUT2D eigenvalue weighted by Gasteiger charge is 2.34. The summed E-state index contributed by atoms with van der Waals surface area (Å²) >= 11 is 5.96. The van der Waals surface area contributed by atoms with Crippen molar-refractivity contribution >= 4 is 33.2 Å². The van der Waals surface area contributed by atoms with Gasteiger partial charge in [-0.2, -0.15) is 4.98 Å². The molecule has 0 aliphatic carbocycles. The molecule has 0 radical (unpaired) electrons. The predicted molar refractivity (Wildman–Crippen MR) is 136 cm³/mol. The van der Waals surface area contributed by atoms with Gasteiger partial charge < -0.3 is 9.42 Å². The second-order valence-electron chi connectivity index (χ2n) is 9.41. The van der Waals surface area contributed by atoms with E-state index in [-0.39, 0.29) is 16.7 Å². The molecule has 5 rings (SSSR count). The van der Waals surface area contributed by atoms with Gasteiger partial charge in [-0.15, -0.1) is 0 Å². The number of fused-ring (bicyclic) bond motifs is 1. The van der Waals surface area contributed by atoms with Crippen molar-refractivity contribution in [1.82, 2.24) is 19.3 Å². The second kappa shape index (κ2) is 9.93. The van der Waals surface area contributed by atoms with Crippen molar-refractivity contribution in [2.75, 3.05) is 38.6 Å². The van der Waals surface area contributed by atoms with Crippen LogP contribution in [0.15, 0.2) is 51.9 Å². The molecule has 1 fully saturated rings. The van der Waals surface area contributed by atoms with E-state index in [9.17, 15) is 13.2 Å². The first-order chi connectivity index (χ1) is 17.2. The Morgan fingerprint density at radius 1 is 1.17 bits per heavy atom. The van der Waals surface area contributed by atoms with Crippen molar-refractivity contribution in [3.05, 3.63) is 58.9 Å². The molecule has 1 saturated heterocycles. The lowest BCUT2D eigenvalue weighted by Crippen LogP contribution is -2.44. The van der Waals surface area contributed by atoms with E-state index >= 15 is 0 Å². The van der Waals surface area contributed by atoms with Crippen LogP contribution in [0.1, 0.15) is 24.3 Å². The van der Waals surface area contributed by atoms with Crippen LogP contribution >= 0.6 is 11.6 Å². The van der Waals surface area contributed by atoms with E-state index in [2.05, 4.69) is 15.0 Å². The van der Waals surface area contributed by atoms with Crippen LogP contribution in [0.25, 0.3) is 11.4 Å². The topological polar surface area (TPSA) is 99.9 Å². The van der Waals surface area contributed by atoms with Gasteiger partial charge >= 0.3 is 0 Å². The van der Waals surface area contributed by atoms with Crippen molar-refractivity contribution < 1.29 is 17.7 Å². The zero-order valence-corrected chi connectivity index (χ0v) is 21.8. The van der Waals surface area contributed by atoms with Crippen molar-refractivity contribution in [2.24, 2.45) is 5.92 Å². The molecule has 0 N–H and O–H groups in total. The first-order valence-electron chi connectivity index (χ1n) is 11.9. The number of anilines is 1. The van der Waals surface area contributed by atoms with Gasteiger partial charge in [0.2, 0.25) is 27.6 Å².